The van der Waals surface area contributed by atoms with E-state index in [1.165, 1.54) is 69.8 Å². The second kappa shape index (κ2) is 21.7. The normalized spacial score (nSPS) is 13.5. The van der Waals surface area contributed by atoms with Gasteiger partial charge in [0.05, 0.1) is 6.10 Å². The van der Waals surface area contributed by atoms with Gasteiger partial charge in [-0.1, -0.05) is 108 Å². The number of hydrogen-bond donors (Lipinski definition) is 0. The van der Waals surface area contributed by atoms with Crippen LogP contribution in [0.3, 0.4) is 0 Å². The van der Waals surface area contributed by atoms with Gasteiger partial charge in [0.15, 0.2) is 0 Å². The third kappa shape index (κ3) is 20.1. The lowest BCUT2D eigenvalue weighted by atomic mass is 9.98. The quantitative estimate of drug-likeness (QED) is 0.199. The first kappa shape index (κ1) is 29.4. The van der Waals surface area contributed by atoms with E-state index in [-0.39, 0.29) is 12.1 Å². The van der Waals surface area contributed by atoms with Gasteiger partial charge >= 0.3 is 5.97 Å². The molecule has 0 bridgehead atoms. The fourth-order valence-corrected chi connectivity index (χ4v) is 3.74. The lowest BCUT2D eigenvalue weighted by Crippen LogP contribution is -2.10. The molecular formula is C29H50O2. The molecule has 2 rings (SSSR count). The standard InChI is InChI=1S/C16H24.C10H18O2.C3H8/c1-3-9-15(10-4-1)11-5-2-6-12-16-13-7-8-14-16;1-4-5-6-7-8-10(11)12-9(2)3;1-3-2/h1,3-4,9-10,16H,2,5-8,11-14H2;4-5,9H,6-8H2,1-3H3;3H2,1-2H3/b;5-4-;. The predicted molar refractivity (Wildman–Crippen MR) is 136 cm³/mol. The molecule has 0 spiro atoms. The topological polar surface area (TPSA) is 26.3 Å². The van der Waals surface area contributed by atoms with Crippen molar-refractivity contribution in [1.82, 2.24) is 0 Å². The van der Waals surface area contributed by atoms with Gasteiger partial charge in [-0.05, 0) is 57.9 Å². The van der Waals surface area contributed by atoms with Crippen LogP contribution in [0, 0.1) is 5.92 Å². The monoisotopic (exact) mass is 430 g/mol. The number of allylic oxidation sites excluding steroid dienone is 2. The fourth-order valence-electron chi connectivity index (χ4n) is 3.74. The Labute approximate surface area is 193 Å². The van der Waals surface area contributed by atoms with E-state index in [1.807, 2.05) is 26.8 Å². The minimum Gasteiger partial charge on any atom is -0.463 e. The Balaban J connectivity index is 0.000000535. The van der Waals surface area contributed by atoms with Gasteiger partial charge in [-0.15, -0.1) is 0 Å². The third-order valence-corrected chi connectivity index (χ3v) is 5.25. The number of hydrogen-bond acceptors (Lipinski definition) is 2. The molecule has 2 heteroatoms. The number of ether oxygens (including phenoxy) is 1. The molecule has 31 heavy (non-hydrogen) atoms. The Hall–Kier alpha value is -1.57. The second-order valence-electron chi connectivity index (χ2n) is 8.94. The summed E-state index contributed by atoms with van der Waals surface area (Å²) in [6.07, 6.45) is 20.7. The van der Waals surface area contributed by atoms with Crippen LogP contribution in [-0.2, 0) is 16.0 Å². The summed E-state index contributed by atoms with van der Waals surface area (Å²) in [6, 6.07) is 10.9. The lowest BCUT2D eigenvalue weighted by molar-refractivity contribution is -0.147. The Morgan fingerprint density at radius 3 is 2.26 bits per heavy atom. The van der Waals surface area contributed by atoms with Crippen molar-refractivity contribution >= 4 is 5.97 Å². The van der Waals surface area contributed by atoms with E-state index in [0.29, 0.717) is 6.42 Å². The molecule has 1 saturated carbocycles. The zero-order chi connectivity index (χ0) is 23.2. The first-order valence-electron chi connectivity index (χ1n) is 12.9. The third-order valence-electron chi connectivity index (χ3n) is 5.25. The van der Waals surface area contributed by atoms with Gasteiger partial charge in [0.2, 0.25) is 0 Å². The Kier molecular flexibility index (Phi) is 20.6. The molecular weight excluding hydrogens is 380 g/mol. The van der Waals surface area contributed by atoms with Gasteiger partial charge in [0.1, 0.15) is 0 Å². The molecule has 1 aromatic rings. The minimum absolute atomic E-state index is 0.0132. The van der Waals surface area contributed by atoms with Crippen LogP contribution in [0.2, 0.25) is 0 Å². The van der Waals surface area contributed by atoms with Crippen molar-refractivity contribution in [2.75, 3.05) is 0 Å². The van der Waals surface area contributed by atoms with Crippen LogP contribution in [0.25, 0.3) is 0 Å². The van der Waals surface area contributed by atoms with Crippen molar-refractivity contribution in [3.63, 3.8) is 0 Å². The summed E-state index contributed by atoms with van der Waals surface area (Å²) >= 11 is 0. The fraction of sp³-hybridized carbons (Fsp3) is 0.690. The summed E-state index contributed by atoms with van der Waals surface area (Å²) in [5, 5.41) is 0. The van der Waals surface area contributed by atoms with Gasteiger partial charge in [-0.3, -0.25) is 4.79 Å². The molecule has 0 radical (unpaired) electrons. The van der Waals surface area contributed by atoms with Crippen LogP contribution in [0.15, 0.2) is 42.5 Å². The van der Waals surface area contributed by atoms with E-state index >= 15 is 0 Å². The molecule has 1 fully saturated rings. The van der Waals surface area contributed by atoms with Crippen molar-refractivity contribution in [1.29, 1.82) is 0 Å². The average Bonchev–Trinajstić information content (AvgIpc) is 3.26. The molecule has 0 aromatic heterocycles. The van der Waals surface area contributed by atoms with E-state index in [4.69, 9.17) is 4.74 Å². The molecule has 0 atom stereocenters. The number of benzene rings is 1. The maximum atomic E-state index is 11.0. The number of carbonyl (C=O) groups is 1. The molecule has 0 saturated heterocycles. The van der Waals surface area contributed by atoms with Crippen molar-refractivity contribution < 1.29 is 9.53 Å². The number of unbranched alkanes of at least 4 members (excludes halogenated alkanes) is 3. The molecule has 1 aliphatic carbocycles. The molecule has 2 nitrogen and oxygen atoms in total. The van der Waals surface area contributed by atoms with Crippen molar-refractivity contribution in [2.24, 2.45) is 5.92 Å². The van der Waals surface area contributed by atoms with Crippen LogP contribution in [0.1, 0.15) is 117 Å². The average molecular weight is 431 g/mol. The number of carbonyl (C=O) groups excluding carboxylic acids is 1. The molecule has 0 heterocycles. The number of aryl methyl sites for hydroxylation is 1. The summed E-state index contributed by atoms with van der Waals surface area (Å²) in [4.78, 5) is 11.0. The highest BCUT2D eigenvalue weighted by Gasteiger charge is 2.13. The first-order valence-corrected chi connectivity index (χ1v) is 12.9. The van der Waals surface area contributed by atoms with Crippen LogP contribution >= 0.6 is 0 Å². The molecule has 0 N–H and O–H groups in total. The second-order valence-corrected chi connectivity index (χ2v) is 8.94. The van der Waals surface area contributed by atoms with Crippen molar-refractivity contribution in [3.8, 4) is 0 Å². The zero-order valence-electron chi connectivity index (χ0n) is 21.2. The maximum Gasteiger partial charge on any atom is 0.306 e. The van der Waals surface area contributed by atoms with Crippen molar-refractivity contribution in [2.45, 2.75) is 124 Å². The van der Waals surface area contributed by atoms with Crippen LogP contribution < -0.4 is 0 Å². The van der Waals surface area contributed by atoms with E-state index in [2.05, 4.69) is 50.3 Å². The zero-order valence-corrected chi connectivity index (χ0v) is 21.2. The van der Waals surface area contributed by atoms with Gasteiger partial charge in [0.25, 0.3) is 0 Å². The summed E-state index contributed by atoms with van der Waals surface area (Å²) in [7, 11) is 0. The van der Waals surface area contributed by atoms with Gasteiger partial charge < -0.3 is 4.74 Å². The predicted octanol–water partition coefficient (Wildman–Crippen LogP) is 9.08. The molecule has 0 aliphatic heterocycles. The van der Waals surface area contributed by atoms with Gasteiger partial charge in [0, 0.05) is 6.42 Å². The largest absolute Gasteiger partial charge is 0.463 e. The highest BCUT2D eigenvalue weighted by atomic mass is 16.5. The SMILES string of the molecule is C/C=C\CCCC(=O)OC(C)C.CCC.c1ccc(CCCCCC2CCCC2)cc1. The smallest absolute Gasteiger partial charge is 0.306 e. The molecule has 1 aromatic carbocycles. The van der Waals surface area contributed by atoms with E-state index in [9.17, 15) is 4.79 Å². The minimum atomic E-state index is -0.0884. The highest BCUT2D eigenvalue weighted by Crippen LogP contribution is 2.29. The Morgan fingerprint density at radius 2 is 1.68 bits per heavy atom. The molecule has 178 valence electrons. The maximum absolute atomic E-state index is 11.0. The molecule has 1 aliphatic rings. The lowest BCUT2D eigenvalue weighted by Gasteiger charge is -2.07. The highest BCUT2D eigenvalue weighted by molar-refractivity contribution is 5.69. The summed E-state index contributed by atoms with van der Waals surface area (Å²) in [6.45, 7) is 9.96. The number of esters is 1. The molecule has 0 amide bonds. The van der Waals surface area contributed by atoms with Gasteiger partial charge in [-0.2, -0.15) is 0 Å². The Morgan fingerprint density at radius 1 is 1.03 bits per heavy atom. The van der Waals surface area contributed by atoms with Crippen LogP contribution in [0.4, 0.5) is 0 Å². The number of rotatable bonds is 11. The van der Waals surface area contributed by atoms with Crippen molar-refractivity contribution in [3.05, 3.63) is 48.0 Å². The molecule has 0 unspecified atom stereocenters. The van der Waals surface area contributed by atoms with Gasteiger partial charge in [-0.25, -0.2) is 0 Å². The summed E-state index contributed by atoms with van der Waals surface area (Å²) in [5.41, 5.74) is 1.50. The first-order chi connectivity index (χ1) is 15.0. The summed E-state index contributed by atoms with van der Waals surface area (Å²) in [5.74, 6) is 0.992. The van der Waals surface area contributed by atoms with E-state index in [0.717, 1.165) is 18.8 Å². The summed E-state index contributed by atoms with van der Waals surface area (Å²) < 4.78 is 4.97. The van der Waals surface area contributed by atoms with Crippen LogP contribution in [-0.4, -0.2) is 12.1 Å². The van der Waals surface area contributed by atoms with Crippen LogP contribution in [0.5, 0.6) is 0 Å². The van der Waals surface area contributed by atoms with E-state index < -0.39 is 0 Å². The van der Waals surface area contributed by atoms with E-state index in [1.54, 1.807) is 0 Å². The Bertz CT molecular complexity index is 527.